The van der Waals surface area contributed by atoms with Crippen LogP contribution in [0.5, 0.6) is 0 Å². The first kappa shape index (κ1) is 19.7. The molecule has 1 aliphatic heterocycles. The largest absolute Gasteiger partial charge is 0.355 e. The molecule has 0 aliphatic carbocycles. The maximum Gasteiger partial charge on any atom is 0.191 e. The number of hydrogen-bond donors (Lipinski definition) is 2. The van der Waals surface area contributed by atoms with Crippen molar-refractivity contribution in [2.24, 2.45) is 4.99 Å². The average molecular weight is 437 g/mol. The highest BCUT2D eigenvalue weighted by Crippen LogP contribution is 2.14. The Kier molecular flexibility index (Phi) is 8.66. The molecule has 5 nitrogen and oxygen atoms in total. The summed E-state index contributed by atoms with van der Waals surface area (Å²) in [6, 6.07) is 4.86. The monoisotopic (exact) mass is 437 g/mol. The lowest BCUT2D eigenvalue weighted by molar-refractivity contribution is 0.116. The van der Waals surface area contributed by atoms with Crippen LogP contribution in [0.4, 0.5) is 0 Å². The van der Waals surface area contributed by atoms with Gasteiger partial charge in [-0.25, -0.2) is 0 Å². The smallest absolute Gasteiger partial charge is 0.191 e. The fourth-order valence-electron chi connectivity index (χ4n) is 2.51. The lowest BCUT2D eigenvalue weighted by Gasteiger charge is -2.37. The SMILES string of the molecule is CN=C(NCc1ccc(C)s1)NCC1CN(C)CCN1C.I. The Morgan fingerprint density at radius 3 is 2.73 bits per heavy atom. The number of likely N-dealkylation sites (N-methyl/N-ethyl adjacent to an activating group) is 2. The number of aryl methyl sites for hydroxylation is 1. The lowest BCUT2D eigenvalue weighted by Crippen LogP contribution is -2.55. The van der Waals surface area contributed by atoms with E-state index in [1.807, 2.05) is 18.4 Å². The van der Waals surface area contributed by atoms with Gasteiger partial charge >= 0.3 is 0 Å². The van der Waals surface area contributed by atoms with Crippen molar-refractivity contribution in [1.82, 2.24) is 20.4 Å². The molecule has 0 amide bonds. The molecule has 1 aromatic heterocycles. The molecule has 1 saturated heterocycles. The number of nitrogens with zero attached hydrogens (tertiary/aromatic N) is 3. The molecule has 1 unspecified atom stereocenters. The fourth-order valence-corrected chi connectivity index (χ4v) is 3.34. The van der Waals surface area contributed by atoms with Crippen LogP contribution in [-0.4, -0.2) is 69.1 Å². The normalized spacial score (nSPS) is 20.5. The molecule has 2 heterocycles. The van der Waals surface area contributed by atoms with Gasteiger partial charge in [0.25, 0.3) is 0 Å². The van der Waals surface area contributed by atoms with Gasteiger partial charge < -0.3 is 15.5 Å². The molecule has 0 aromatic carbocycles. The Hall–Kier alpha value is -0.380. The molecular weight excluding hydrogens is 409 g/mol. The number of thiophene rings is 1. The Balaban J connectivity index is 0.00000242. The van der Waals surface area contributed by atoms with Crippen molar-refractivity contribution in [2.75, 3.05) is 47.3 Å². The van der Waals surface area contributed by atoms with Gasteiger partial charge in [-0.1, -0.05) is 0 Å². The van der Waals surface area contributed by atoms with E-state index in [9.17, 15) is 0 Å². The third kappa shape index (κ3) is 6.02. The van der Waals surface area contributed by atoms with Crippen molar-refractivity contribution < 1.29 is 0 Å². The van der Waals surface area contributed by atoms with E-state index in [1.54, 1.807) is 0 Å². The summed E-state index contributed by atoms with van der Waals surface area (Å²) in [7, 11) is 6.21. The number of piperazine rings is 1. The van der Waals surface area contributed by atoms with E-state index in [0.717, 1.165) is 38.7 Å². The highest BCUT2D eigenvalue weighted by atomic mass is 127. The Bertz CT molecular complexity index is 476. The number of nitrogens with one attached hydrogen (secondary N) is 2. The zero-order chi connectivity index (χ0) is 15.2. The van der Waals surface area contributed by atoms with E-state index in [1.165, 1.54) is 9.75 Å². The third-order valence-corrected chi connectivity index (χ3v) is 4.94. The van der Waals surface area contributed by atoms with E-state index < -0.39 is 0 Å². The Morgan fingerprint density at radius 1 is 1.32 bits per heavy atom. The maximum absolute atomic E-state index is 4.31. The quantitative estimate of drug-likeness (QED) is 0.427. The molecule has 126 valence electrons. The molecule has 2 N–H and O–H groups in total. The van der Waals surface area contributed by atoms with Crippen LogP contribution in [0.3, 0.4) is 0 Å². The van der Waals surface area contributed by atoms with Crippen molar-refractivity contribution in [3.63, 3.8) is 0 Å². The highest BCUT2D eigenvalue weighted by molar-refractivity contribution is 14.0. The molecule has 1 aromatic rings. The molecule has 1 atom stereocenters. The van der Waals surface area contributed by atoms with Crippen molar-refractivity contribution in [1.29, 1.82) is 0 Å². The number of rotatable bonds is 4. The zero-order valence-electron chi connectivity index (χ0n) is 13.9. The van der Waals surface area contributed by atoms with Crippen molar-refractivity contribution in [3.05, 3.63) is 21.9 Å². The van der Waals surface area contributed by atoms with Gasteiger partial charge in [-0.15, -0.1) is 35.3 Å². The van der Waals surface area contributed by atoms with E-state index in [-0.39, 0.29) is 24.0 Å². The minimum Gasteiger partial charge on any atom is -0.355 e. The van der Waals surface area contributed by atoms with Gasteiger partial charge in [0.2, 0.25) is 0 Å². The summed E-state index contributed by atoms with van der Waals surface area (Å²) in [4.78, 5) is 11.8. The van der Waals surface area contributed by atoms with Crippen LogP contribution in [-0.2, 0) is 6.54 Å². The van der Waals surface area contributed by atoms with Crippen molar-refractivity contribution >= 4 is 41.3 Å². The van der Waals surface area contributed by atoms with E-state index in [2.05, 4.69) is 58.6 Å². The molecule has 0 radical (unpaired) electrons. The van der Waals surface area contributed by atoms with Crippen molar-refractivity contribution in [3.8, 4) is 0 Å². The highest BCUT2D eigenvalue weighted by Gasteiger charge is 2.21. The number of halogens is 1. The first-order valence-corrected chi connectivity index (χ1v) is 8.28. The third-order valence-electron chi connectivity index (χ3n) is 3.94. The molecule has 7 heteroatoms. The van der Waals surface area contributed by atoms with Crippen LogP contribution in [0, 0.1) is 6.92 Å². The maximum atomic E-state index is 4.31. The predicted molar refractivity (Wildman–Crippen MR) is 107 cm³/mol. The number of guanidine groups is 1. The topological polar surface area (TPSA) is 42.9 Å². The molecule has 22 heavy (non-hydrogen) atoms. The minimum absolute atomic E-state index is 0. The van der Waals surface area contributed by atoms with Gasteiger partial charge in [-0.3, -0.25) is 9.89 Å². The lowest BCUT2D eigenvalue weighted by atomic mass is 10.2. The summed E-state index contributed by atoms with van der Waals surface area (Å²) in [5, 5.41) is 6.82. The van der Waals surface area contributed by atoms with Crippen LogP contribution >= 0.6 is 35.3 Å². The molecule has 0 spiro atoms. The fraction of sp³-hybridized carbons (Fsp3) is 0.667. The minimum atomic E-state index is 0. The number of aliphatic imine (C=N–C) groups is 1. The van der Waals surface area contributed by atoms with Gasteiger partial charge in [0.05, 0.1) is 6.54 Å². The molecule has 1 aliphatic rings. The standard InChI is InChI=1S/C15H27N5S.HI/c1-12-5-6-14(21-12)10-18-15(16-2)17-9-13-11-19(3)7-8-20(13)4;/h5-6,13H,7-11H2,1-4H3,(H2,16,17,18);1H. The molecule has 0 saturated carbocycles. The summed E-state index contributed by atoms with van der Waals surface area (Å²) in [6.07, 6.45) is 0. The summed E-state index contributed by atoms with van der Waals surface area (Å²) in [5.41, 5.74) is 0. The van der Waals surface area contributed by atoms with E-state index in [0.29, 0.717) is 6.04 Å². The van der Waals surface area contributed by atoms with Crippen molar-refractivity contribution in [2.45, 2.75) is 19.5 Å². The van der Waals surface area contributed by atoms with E-state index in [4.69, 9.17) is 0 Å². The second-order valence-corrected chi connectivity index (χ2v) is 7.09. The predicted octanol–water partition coefficient (Wildman–Crippen LogP) is 1.59. The van der Waals surface area contributed by atoms with Crippen LogP contribution in [0.2, 0.25) is 0 Å². The summed E-state index contributed by atoms with van der Waals surface area (Å²) >= 11 is 1.83. The number of hydrogen-bond acceptors (Lipinski definition) is 4. The van der Waals surface area contributed by atoms with Crippen LogP contribution in [0.1, 0.15) is 9.75 Å². The molecular formula is C15H28IN5S. The van der Waals surface area contributed by atoms with Crippen LogP contribution in [0.25, 0.3) is 0 Å². The first-order valence-electron chi connectivity index (χ1n) is 7.47. The first-order chi connectivity index (χ1) is 10.1. The molecule has 0 bridgehead atoms. The van der Waals surface area contributed by atoms with Crippen LogP contribution < -0.4 is 10.6 Å². The second-order valence-electron chi connectivity index (χ2n) is 5.72. The Morgan fingerprint density at radius 2 is 2.09 bits per heavy atom. The second kappa shape index (κ2) is 9.69. The average Bonchev–Trinajstić information content (AvgIpc) is 2.88. The molecule has 1 fully saturated rings. The van der Waals surface area contributed by atoms with Gasteiger partial charge in [0, 0.05) is 49.0 Å². The zero-order valence-corrected chi connectivity index (χ0v) is 17.1. The van der Waals surface area contributed by atoms with Gasteiger partial charge in [-0.05, 0) is 33.2 Å². The van der Waals surface area contributed by atoms with Gasteiger partial charge in [0.1, 0.15) is 0 Å². The van der Waals surface area contributed by atoms with Crippen LogP contribution in [0.15, 0.2) is 17.1 Å². The van der Waals surface area contributed by atoms with Gasteiger partial charge in [-0.2, -0.15) is 0 Å². The van der Waals surface area contributed by atoms with Gasteiger partial charge in [0.15, 0.2) is 5.96 Å². The molecule has 2 rings (SSSR count). The summed E-state index contributed by atoms with van der Waals surface area (Å²) in [6.45, 7) is 7.27. The summed E-state index contributed by atoms with van der Waals surface area (Å²) < 4.78 is 0. The Labute approximate surface area is 155 Å². The summed E-state index contributed by atoms with van der Waals surface area (Å²) in [5.74, 6) is 0.877. The van der Waals surface area contributed by atoms with E-state index >= 15 is 0 Å².